The molecule has 1 amide bonds. The van der Waals surface area contributed by atoms with Gasteiger partial charge in [0, 0.05) is 17.9 Å². The second kappa shape index (κ2) is 4.48. The Morgan fingerprint density at radius 2 is 2.15 bits per heavy atom. The summed E-state index contributed by atoms with van der Waals surface area (Å²) in [5.41, 5.74) is 2.39. The molecule has 0 saturated carbocycles. The third-order valence-electron chi connectivity index (χ3n) is 3.44. The summed E-state index contributed by atoms with van der Waals surface area (Å²) in [6, 6.07) is 8.73. The number of amides is 1. The molecule has 1 aliphatic heterocycles. The Labute approximate surface area is 115 Å². The standard InChI is InChI=1S/C14H13N3O3/c1-8-6-11(16-15-8)13(18)17-7-10(14(19)20)9-4-2-3-5-12(9)17/h2-6,10H,7H2,1H3,(H,15,16)(H,19,20). The van der Waals surface area contributed by atoms with Crippen LogP contribution >= 0.6 is 0 Å². The fourth-order valence-electron chi connectivity index (χ4n) is 2.48. The molecule has 0 fully saturated rings. The third kappa shape index (κ3) is 1.85. The molecular formula is C14H13N3O3. The predicted octanol–water partition coefficient (Wildman–Crippen LogP) is 1.55. The smallest absolute Gasteiger partial charge is 0.312 e. The van der Waals surface area contributed by atoms with Crippen LogP contribution in [-0.2, 0) is 4.79 Å². The van der Waals surface area contributed by atoms with Crippen molar-refractivity contribution in [2.24, 2.45) is 0 Å². The molecule has 20 heavy (non-hydrogen) atoms. The molecule has 1 aromatic heterocycles. The number of hydrogen-bond acceptors (Lipinski definition) is 3. The van der Waals surface area contributed by atoms with Gasteiger partial charge in [0.05, 0.1) is 0 Å². The normalized spacial score (nSPS) is 17.1. The van der Waals surface area contributed by atoms with Crippen LogP contribution in [0.15, 0.2) is 30.3 Å². The Morgan fingerprint density at radius 3 is 2.80 bits per heavy atom. The molecule has 3 rings (SSSR count). The molecule has 1 aliphatic rings. The SMILES string of the molecule is Cc1cc(C(=O)N2CC(C(=O)O)c3ccccc32)n[nH]1. The maximum Gasteiger partial charge on any atom is 0.312 e. The van der Waals surface area contributed by atoms with E-state index in [1.165, 1.54) is 4.90 Å². The highest BCUT2D eigenvalue weighted by Gasteiger charge is 2.37. The molecule has 1 atom stereocenters. The van der Waals surface area contributed by atoms with Crippen LogP contribution in [0.4, 0.5) is 5.69 Å². The van der Waals surface area contributed by atoms with E-state index in [1.807, 2.05) is 6.92 Å². The number of aromatic nitrogens is 2. The van der Waals surface area contributed by atoms with Gasteiger partial charge in [-0.15, -0.1) is 0 Å². The molecule has 0 spiro atoms. The van der Waals surface area contributed by atoms with E-state index in [2.05, 4.69) is 10.2 Å². The summed E-state index contributed by atoms with van der Waals surface area (Å²) in [6.45, 7) is 1.95. The topological polar surface area (TPSA) is 86.3 Å². The van der Waals surface area contributed by atoms with Gasteiger partial charge in [0.15, 0.2) is 5.69 Å². The van der Waals surface area contributed by atoms with Gasteiger partial charge in [-0.3, -0.25) is 14.7 Å². The molecule has 0 aliphatic carbocycles. The lowest BCUT2D eigenvalue weighted by molar-refractivity contribution is -0.138. The van der Waals surface area contributed by atoms with Crippen molar-refractivity contribution in [1.82, 2.24) is 10.2 Å². The Hall–Kier alpha value is -2.63. The molecular weight excluding hydrogens is 258 g/mol. The first kappa shape index (κ1) is 12.4. The zero-order chi connectivity index (χ0) is 14.3. The van der Waals surface area contributed by atoms with E-state index in [0.29, 0.717) is 16.9 Å². The minimum absolute atomic E-state index is 0.138. The highest BCUT2D eigenvalue weighted by molar-refractivity contribution is 6.07. The van der Waals surface area contributed by atoms with Crippen LogP contribution in [0.2, 0.25) is 0 Å². The minimum Gasteiger partial charge on any atom is -0.481 e. The number of aliphatic carboxylic acids is 1. The number of rotatable bonds is 2. The van der Waals surface area contributed by atoms with Crippen LogP contribution in [0, 0.1) is 6.92 Å². The molecule has 102 valence electrons. The number of H-pyrrole nitrogens is 1. The van der Waals surface area contributed by atoms with Crippen molar-refractivity contribution in [2.75, 3.05) is 11.4 Å². The molecule has 6 heteroatoms. The average Bonchev–Trinajstić information content (AvgIpc) is 3.02. The van der Waals surface area contributed by atoms with E-state index in [9.17, 15) is 14.7 Å². The van der Waals surface area contributed by atoms with Crippen LogP contribution in [0.25, 0.3) is 0 Å². The number of hydrogen-bond donors (Lipinski definition) is 2. The first-order valence-corrected chi connectivity index (χ1v) is 6.23. The summed E-state index contributed by atoms with van der Waals surface area (Å²) in [5, 5.41) is 15.9. The second-order valence-corrected chi connectivity index (χ2v) is 4.80. The van der Waals surface area contributed by atoms with Crippen LogP contribution in [0.5, 0.6) is 0 Å². The molecule has 6 nitrogen and oxygen atoms in total. The summed E-state index contributed by atoms with van der Waals surface area (Å²) in [4.78, 5) is 25.2. The summed E-state index contributed by atoms with van der Waals surface area (Å²) in [7, 11) is 0. The number of aryl methyl sites for hydroxylation is 1. The van der Waals surface area contributed by atoms with Crippen LogP contribution in [-0.4, -0.2) is 33.7 Å². The van der Waals surface area contributed by atoms with Crippen molar-refractivity contribution < 1.29 is 14.7 Å². The summed E-state index contributed by atoms with van der Waals surface area (Å²) >= 11 is 0. The first-order chi connectivity index (χ1) is 9.58. The van der Waals surface area contributed by atoms with Crippen molar-refractivity contribution in [3.05, 3.63) is 47.3 Å². The molecule has 1 aromatic carbocycles. The minimum atomic E-state index is -0.925. The third-order valence-corrected chi connectivity index (χ3v) is 3.44. The van der Waals surface area contributed by atoms with Gasteiger partial charge in [-0.2, -0.15) is 5.10 Å². The Morgan fingerprint density at radius 1 is 1.40 bits per heavy atom. The molecule has 0 radical (unpaired) electrons. The van der Waals surface area contributed by atoms with E-state index in [4.69, 9.17) is 0 Å². The lowest BCUT2D eigenvalue weighted by atomic mass is 10.0. The van der Waals surface area contributed by atoms with Gasteiger partial charge < -0.3 is 10.0 Å². The number of para-hydroxylation sites is 1. The van der Waals surface area contributed by atoms with Crippen LogP contribution in [0.1, 0.15) is 27.7 Å². The number of carbonyl (C=O) groups is 2. The number of carboxylic acid groups (broad SMARTS) is 1. The molecule has 0 saturated heterocycles. The second-order valence-electron chi connectivity index (χ2n) is 4.80. The van der Waals surface area contributed by atoms with Crippen LogP contribution in [0.3, 0.4) is 0 Å². The number of nitrogens with one attached hydrogen (secondary N) is 1. The number of benzene rings is 1. The lowest BCUT2D eigenvalue weighted by Crippen LogP contribution is -2.31. The van der Waals surface area contributed by atoms with Crippen molar-refractivity contribution in [3.8, 4) is 0 Å². The summed E-state index contributed by atoms with van der Waals surface area (Å²) < 4.78 is 0. The molecule has 1 unspecified atom stereocenters. The van der Waals surface area contributed by atoms with E-state index < -0.39 is 11.9 Å². The van der Waals surface area contributed by atoms with Gasteiger partial charge >= 0.3 is 5.97 Å². The number of nitrogens with zero attached hydrogens (tertiary/aromatic N) is 2. The van der Waals surface area contributed by atoms with E-state index in [1.54, 1.807) is 30.3 Å². The zero-order valence-corrected chi connectivity index (χ0v) is 10.8. The number of aromatic amines is 1. The number of carboxylic acids is 1. The quantitative estimate of drug-likeness (QED) is 0.867. The van der Waals surface area contributed by atoms with Crippen molar-refractivity contribution in [3.63, 3.8) is 0 Å². The predicted molar refractivity (Wildman–Crippen MR) is 71.8 cm³/mol. The molecule has 2 aromatic rings. The van der Waals surface area contributed by atoms with Gasteiger partial charge in [0.2, 0.25) is 0 Å². The van der Waals surface area contributed by atoms with Gasteiger partial charge in [-0.05, 0) is 24.6 Å². The van der Waals surface area contributed by atoms with E-state index >= 15 is 0 Å². The van der Waals surface area contributed by atoms with Gasteiger partial charge in [0.25, 0.3) is 5.91 Å². The molecule has 2 heterocycles. The largest absolute Gasteiger partial charge is 0.481 e. The number of anilines is 1. The van der Waals surface area contributed by atoms with Gasteiger partial charge in [-0.25, -0.2) is 0 Å². The molecule has 0 bridgehead atoms. The average molecular weight is 271 g/mol. The first-order valence-electron chi connectivity index (χ1n) is 6.23. The Balaban J connectivity index is 2.00. The maximum absolute atomic E-state index is 12.4. The fourth-order valence-corrected chi connectivity index (χ4v) is 2.48. The summed E-state index contributed by atoms with van der Waals surface area (Å²) in [5.74, 6) is -1.90. The van der Waals surface area contributed by atoms with E-state index in [-0.39, 0.29) is 12.5 Å². The Kier molecular flexibility index (Phi) is 2.78. The lowest BCUT2D eigenvalue weighted by Gasteiger charge is -2.15. The fraction of sp³-hybridized carbons (Fsp3) is 0.214. The van der Waals surface area contributed by atoms with Crippen molar-refractivity contribution in [1.29, 1.82) is 0 Å². The van der Waals surface area contributed by atoms with Crippen molar-refractivity contribution in [2.45, 2.75) is 12.8 Å². The highest BCUT2D eigenvalue weighted by atomic mass is 16.4. The van der Waals surface area contributed by atoms with Crippen LogP contribution < -0.4 is 4.90 Å². The number of fused-ring (bicyclic) bond motifs is 1. The maximum atomic E-state index is 12.4. The molecule has 2 N–H and O–H groups in total. The van der Waals surface area contributed by atoms with E-state index in [0.717, 1.165) is 5.69 Å². The van der Waals surface area contributed by atoms with Crippen molar-refractivity contribution >= 4 is 17.6 Å². The Bertz CT molecular complexity index is 692. The van der Waals surface area contributed by atoms with Gasteiger partial charge in [-0.1, -0.05) is 18.2 Å². The highest BCUT2D eigenvalue weighted by Crippen LogP contribution is 2.36. The van der Waals surface area contributed by atoms with Gasteiger partial charge in [0.1, 0.15) is 5.92 Å². The monoisotopic (exact) mass is 271 g/mol. The summed E-state index contributed by atoms with van der Waals surface area (Å²) in [6.07, 6.45) is 0. The number of carbonyl (C=O) groups excluding carboxylic acids is 1. The zero-order valence-electron chi connectivity index (χ0n) is 10.8.